The zero-order valence-corrected chi connectivity index (χ0v) is 7.77. The molecule has 1 aromatic rings. The fraction of sp³-hybridized carbons (Fsp3) is 0.300. The third-order valence-corrected chi connectivity index (χ3v) is 1.94. The van der Waals surface area contributed by atoms with Gasteiger partial charge in [0.05, 0.1) is 11.6 Å². The van der Waals surface area contributed by atoms with Crippen molar-refractivity contribution in [1.29, 1.82) is 0 Å². The molecule has 0 N–H and O–H groups in total. The first-order chi connectivity index (χ1) is 6.27. The van der Waals surface area contributed by atoms with Gasteiger partial charge in [-0.1, -0.05) is 12.1 Å². The molecule has 68 valence electrons. The van der Waals surface area contributed by atoms with Crippen LogP contribution in [0.25, 0.3) is 6.26 Å². The summed E-state index contributed by atoms with van der Waals surface area (Å²) in [6, 6.07) is 7.94. The largest absolute Gasteiger partial charge is 0.462 e. The molecule has 3 nitrogen and oxygen atoms in total. The summed E-state index contributed by atoms with van der Waals surface area (Å²) >= 11 is 0. The zero-order chi connectivity index (χ0) is 9.26. The van der Waals surface area contributed by atoms with E-state index in [9.17, 15) is 0 Å². The van der Waals surface area contributed by atoms with Crippen LogP contribution in [-0.2, 0) is 4.74 Å². The van der Waals surface area contributed by atoms with Crippen molar-refractivity contribution in [1.82, 2.24) is 4.90 Å². The van der Waals surface area contributed by atoms with Crippen LogP contribution in [0.2, 0.25) is 0 Å². The van der Waals surface area contributed by atoms with Crippen LogP contribution in [0.5, 0.6) is 0 Å². The summed E-state index contributed by atoms with van der Waals surface area (Å²) in [5, 5.41) is 2.04. The second-order valence-electron chi connectivity index (χ2n) is 3.23. The molecule has 1 unspecified atom stereocenters. The standard InChI is InChI=1S/C10H12N2O/c1-12(2)10-11-9-6-4-3-5-8(9)7-13-10/h3-7,10H,1-2H3. The van der Waals surface area contributed by atoms with E-state index in [0.717, 1.165) is 10.6 Å². The molecule has 1 atom stereocenters. The molecule has 0 radical (unpaired) electrons. The number of nitrogens with zero attached hydrogens (tertiary/aromatic N) is 2. The zero-order valence-electron chi connectivity index (χ0n) is 7.77. The Morgan fingerprint density at radius 3 is 2.85 bits per heavy atom. The van der Waals surface area contributed by atoms with Gasteiger partial charge in [0.15, 0.2) is 0 Å². The Morgan fingerprint density at radius 1 is 1.31 bits per heavy atom. The van der Waals surface area contributed by atoms with Gasteiger partial charge in [0.25, 0.3) is 0 Å². The maximum absolute atomic E-state index is 5.40. The third kappa shape index (κ3) is 1.55. The van der Waals surface area contributed by atoms with Gasteiger partial charge in [0.1, 0.15) is 0 Å². The van der Waals surface area contributed by atoms with E-state index in [1.807, 2.05) is 43.3 Å². The van der Waals surface area contributed by atoms with Crippen molar-refractivity contribution in [3.63, 3.8) is 0 Å². The predicted octanol–water partition coefficient (Wildman–Crippen LogP) is -0.0804. The lowest BCUT2D eigenvalue weighted by molar-refractivity contribution is 0.0480. The quantitative estimate of drug-likeness (QED) is 0.598. The normalized spacial score (nSPS) is 19.8. The van der Waals surface area contributed by atoms with Crippen LogP contribution in [-0.4, -0.2) is 25.3 Å². The van der Waals surface area contributed by atoms with Gasteiger partial charge >= 0.3 is 0 Å². The van der Waals surface area contributed by atoms with E-state index in [0.29, 0.717) is 0 Å². The second-order valence-corrected chi connectivity index (χ2v) is 3.23. The number of benzene rings is 1. The molecule has 0 aromatic heterocycles. The van der Waals surface area contributed by atoms with E-state index < -0.39 is 0 Å². The molecule has 3 heteroatoms. The molecule has 0 bridgehead atoms. The molecular formula is C10H12N2O. The molecule has 0 saturated heterocycles. The minimum absolute atomic E-state index is 0.185. The SMILES string of the molecule is CN(C)C1N=c2ccccc2=CO1. The number of ether oxygens (including phenoxy) is 1. The summed E-state index contributed by atoms with van der Waals surface area (Å²) in [6.45, 7) is 0. The van der Waals surface area contributed by atoms with Crippen molar-refractivity contribution >= 4 is 6.26 Å². The second kappa shape index (κ2) is 3.18. The van der Waals surface area contributed by atoms with Crippen LogP contribution in [0, 0.1) is 0 Å². The van der Waals surface area contributed by atoms with Gasteiger partial charge in [-0.05, 0) is 26.2 Å². The molecule has 0 amide bonds. The van der Waals surface area contributed by atoms with Crippen LogP contribution in [0.1, 0.15) is 0 Å². The highest BCUT2D eigenvalue weighted by atomic mass is 16.5. The highest BCUT2D eigenvalue weighted by molar-refractivity contribution is 5.18. The maximum atomic E-state index is 5.40. The van der Waals surface area contributed by atoms with Crippen molar-refractivity contribution in [3.05, 3.63) is 34.8 Å². The first-order valence-corrected chi connectivity index (χ1v) is 4.22. The highest BCUT2D eigenvalue weighted by Gasteiger charge is 2.10. The molecule has 13 heavy (non-hydrogen) atoms. The molecule has 1 aromatic carbocycles. The molecule has 1 aliphatic heterocycles. The molecule has 1 heterocycles. The third-order valence-electron chi connectivity index (χ3n) is 1.94. The van der Waals surface area contributed by atoms with Crippen molar-refractivity contribution in [3.8, 4) is 0 Å². The lowest BCUT2D eigenvalue weighted by Gasteiger charge is -2.21. The van der Waals surface area contributed by atoms with Gasteiger partial charge in [-0.25, -0.2) is 4.99 Å². The van der Waals surface area contributed by atoms with E-state index >= 15 is 0 Å². The van der Waals surface area contributed by atoms with Crippen molar-refractivity contribution in [2.24, 2.45) is 4.99 Å². The predicted molar refractivity (Wildman–Crippen MR) is 50.2 cm³/mol. The first kappa shape index (κ1) is 8.26. The minimum atomic E-state index is -0.185. The summed E-state index contributed by atoms with van der Waals surface area (Å²) in [6.07, 6.45) is 1.57. The van der Waals surface area contributed by atoms with Crippen LogP contribution >= 0.6 is 0 Å². The fourth-order valence-electron chi connectivity index (χ4n) is 1.23. The van der Waals surface area contributed by atoms with Gasteiger partial charge < -0.3 is 4.74 Å². The molecule has 0 saturated carbocycles. The topological polar surface area (TPSA) is 24.8 Å². The summed E-state index contributed by atoms with van der Waals surface area (Å²) in [7, 11) is 3.88. The number of para-hydroxylation sites is 1. The van der Waals surface area contributed by atoms with Crippen LogP contribution in [0.15, 0.2) is 29.3 Å². The Hall–Kier alpha value is -1.35. The monoisotopic (exact) mass is 176 g/mol. The van der Waals surface area contributed by atoms with Crippen LogP contribution in [0.3, 0.4) is 0 Å². The average molecular weight is 176 g/mol. The van der Waals surface area contributed by atoms with E-state index in [1.54, 1.807) is 6.26 Å². The number of hydrogen-bond acceptors (Lipinski definition) is 3. The number of rotatable bonds is 1. The van der Waals surface area contributed by atoms with Gasteiger partial charge in [-0.2, -0.15) is 0 Å². The lowest BCUT2D eigenvalue weighted by atomic mass is 10.3. The smallest absolute Gasteiger partial charge is 0.248 e. The summed E-state index contributed by atoms with van der Waals surface area (Å²) in [5.74, 6) is 0. The first-order valence-electron chi connectivity index (χ1n) is 4.22. The van der Waals surface area contributed by atoms with E-state index in [2.05, 4.69) is 4.99 Å². The minimum Gasteiger partial charge on any atom is -0.462 e. The van der Waals surface area contributed by atoms with Crippen molar-refractivity contribution in [2.75, 3.05) is 14.1 Å². The Bertz CT molecular complexity index is 411. The Balaban J connectivity index is 2.49. The Kier molecular flexibility index (Phi) is 2.02. The number of fused-ring (bicyclic) bond motifs is 1. The van der Waals surface area contributed by atoms with Crippen molar-refractivity contribution < 1.29 is 4.74 Å². The number of hydrogen-bond donors (Lipinski definition) is 0. The van der Waals surface area contributed by atoms with E-state index in [1.165, 1.54) is 0 Å². The van der Waals surface area contributed by atoms with Gasteiger partial charge in [-0.15, -0.1) is 0 Å². The molecule has 2 rings (SSSR count). The lowest BCUT2D eigenvalue weighted by Crippen LogP contribution is -2.38. The average Bonchev–Trinajstić information content (AvgIpc) is 2.17. The van der Waals surface area contributed by atoms with Gasteiger partial charge in [0, 0.05) is 5.22 Å². The summed E-state index contributed by atoms with van der Waals surface area (Å²) in [4.78, 5) is 6.34. The fourth-order valence-corrected chi connectivity index (χ4v) is 1.23. The summed E-state index contributed by atoms with van der Waals surface area (Å²) in [5.41, 5.74) is 0. The molecule has 1 aliphatic rings. The van der Waals surface area contributed by atoms with Crippen molar-refractivity contribution in [2.45, 2.75) is 6.35 Å². The van der Waals surface area contributed by atoms with E-state index in [4.69, 9.17) is 4.74 Å². The van der Waals surface area contributed by atoms with E-state index in [-0.39, 0.29) is 6.35 Å². The molecule has 0 aliphatic carbocycles. The van der Waals surface area contributed by atoms with Crippen LogP contribution < -0.4 is 10.6 Å². The maximum Gasteiger partial charge on any atom is 0.248 e. The van der Waals surface area contributed by atoms with Crippen LogP contribution in [0.4, 0.5) is 0 Å². The molecular weight excluding hydrogens is 164 g/mol. The Labute approximate surface area is 77.0 Å². The molecule has 0 spiro atoms. The molecule has 0 fully saturated rings. The Morgan fingerprint density at radius 2 is 2.08 bits per heavy atom. The van der Waals surface area contributed by atoms with Gasteiger partial charge in [0.2, 0.25) is 6.35 Å². The highest BCUT2D eigenvalue weighted by Crippen LogP contribution is 1.98. The summed E-state index contributed by atoms with van der Waals surface area (Å²) < 4.78 is 5.40. The van der Waals surface area contributed by atoms with Gasteiger partial charge in [-0.3, -0.25) is 4.90 Å².